The molecule has 0 saturated heterocycles. The lowest BCUT2D eigenvalue weighted by molar-refractivity contribution is -0.117. The summed E-state index contributed by atoms with van der Waals surface area (Å²) < 4.78 is 0. The van der Waals surface area contributed by atoms with Crippen molar-refractivity contribution in [2.75, 3.05) is 5.75 Å². The van der Waals surface area contributed by atoms with Gasteiger partial charge in [0, 0.05) is 12.2 Å². The van der Waals surface area contributed by atoms with Gasteiger partial charge in [-0.25, -0.2) is 0 Å². The standard InChI is InChI=1S/C6H10OS2/c1-6(7)4-3-5-9(2)8/h2H,3-5H2,1H3. The van der Waals surface area contributed by atoms with Gasteiger partial charge in [0.1, 0.15) is 5.78 Å². The molecule has 1 nitrogen and oxygen atoms in total. The Morgan fingerprint density at radius 1 is 1.78 bits per heavy atom. The highest BCUT2D eigenvalue weighted by Gasteiger charge is 1.90. The second-order valence-corrected chi connectivity index (χ2v) is 4.34. The predicted octanol–water partition coefficient (Wildman–Crippen LogP) is 1.02. The fraction of sp³-hybridized carbons (Fsp3) is 0.667. The van der Waals surface area contributed by atoms with Crippen LogP contribution in [0.3, 0.4) is 0 Å². The molecule has 0 radical (unpaired) electrons. The third-order valence-electron chi connectivity index (χ3n) is 0.874. The largest absolute Gasteiger partial charge is 0.300 e. The van der Waals surface area contributed by atoms with Crippen LogP contribution in [0.2, 0.25) is 0 Å². The molecule has 0 rings (SSSR count). The molecule has 0 aliphatic rings. The van der Waals surface area contributed by atoms with Crippen molar-refractivity contribution in [1.29, 1.82) is 0 Å². The number of hydrogen-bond donors (Lipinski definition) is 0. The first-order chi connectivity index (χ1) is 4.13. The third kappa shape index (κ3) is 7.89. The van der Waals surface area contributed by atoms with Crippen LogP contribution in [-0.4, -0.2) is 11.5 Å². The Labute approximate surface area is 62.3 Å². The zero-order valence-corrected chi connectivity index (χ0v) is 7.06. The lowest BCUT2D eigenvalue weighted by Crippen LogP contribution is -1.92. The van der Waals surface area contributed by atoms with Crippen molar-refractivity contribution in [3.63, 3.8) is 0 Å². The number of hydrogen-bond acceptors (Lipinski definition) is 2. The Morgan fingerprint density at radius 2 is 2.33 bits per heavy atom. The minimum atomic E-state index is -0.401. The Hall–Kier alpha value is -0.110. The van der Waals surface area contributed by atoms with Crippen molar-refractivity contribution in [2.24, 2.45) is 0 Å². The van der Waals surface area contributed by atoms with Gasteiger partial charge >= 0.3 is 0 Å². The van der Waals surface area contributed by atoms with E-state index in [0.717, 1.165) is 12.2 Å². The molecule has 0 bridgehead atoms. The Kier molecular flexibility index (Phi) is 4.68. The first-order valence-electron chi connectivity index (χ1n) is 2.75. The molecule has 0 fully saturated rings. The maximum Gasteiger partial charge on any atom is 0.129 e. The molecule has 3 heteroatoms. The third-order valence-corrected chi connectivity index (χ3v) is 2.07. The molecule has 52 valence electrons. The quantitative estimate of drug-likeness (QED) is 0.616. The average molecular weight is 162 g/mol. The molecule has 0 heterocycles. The van der Waals surface area contributed by atoms with Crippen LogP contribution in [0, 0.1) is 5.69 Å². The van der Waals surface area contributed by atoms with E-state index >= 15 is 0 Å². The van der Waals surface area contributed by atoms with E-state index in [1.54, 1.807) is 6.92 Å². The maximum atomic E-state index is 10.4. The van der Waals surface area contributed by atoms with Gasteiger partial charge in [-0.3, -0.25) is 0 Å². The molecule has 0 aromatic carbocycles. The highest BCUT2D eigenvalue weighted by Crippen LogP contribution is 1.88. The maximum absolute atomic E-state index is 10.4. The summed E-state index contributed by atoms with van der Waals surface area (Å²) in [6.07, 6.45) is 1.47. The molecular formula is C6H10OS2. The lowest BCUT2D eigenvalue weighted by atomic mass is 10.3. The summed E-state index contributed by atoms with van der Waals surface area (Å²) in [5, 5.41) is 0. The van der Waals surface area contributed by atoms with Gasteiger partial charge in [0.05, 0.1) is 0 Å². The smallest absolute Gasteiger partial charge is 0.129 e. The van der Waals surface area contributed by atoms with Crippen molar-refractivity contribution in [3.05, 3.63) is 0 Å². The zero-order valence-electron chi connectivity index (χ0n) is 5.42. The van der Waals surface area contributed by atoms with Crippen LogP contribution < -0.4 is 0 Å². The van der Waals surface area contributed by atoms with Gasteiger partial charge in [-0.15, -0.1) is 14.5 Å². The number of ketones is 1. The van der Waals surface area contributed by atoms with Gasteiger partial charge in [-0.2, -0.15) is 0 Å². The molecule has 0 amide bonds. The monoisotopic (exact) mass is 162 g/mol. The SMILES string of the molecule is C#S(=S)CCCC(C)=O. The number of Topliss-reactive ketones (excluding diaryl/α,β-unsaturated/α-hetero) is 1. The van der Waals surface area contributed by atoms with E-state index < -0.39 is 8.86 Å². The van der Waals surface area contributed by atoms with Gasteiger partial charge in [0.15, 0.2) is 0 Å². The fourth-order valence-electron chi connectivity index (χ4n) is 0.463. The van der Waals surface area contributed by atoms with Gasteiger partial charge in [0.25, 0.3) is 0 Å². The fourth-order valence-corrected chi connectivity index (χ4v) is 1.25. The normalized spacial score (nSPS) is 8.89. The molecule has 9 heavy (non-hydrogen) atoms. The minimum Gasteiger partial charge on any atom is -0.300 e. The average Bonchev–Trinajstić information content (AvgIpc) is 1.63. The molecular weight excluding hydrogens is 152 g/mol. The molecule has 0 saturated carbocycles. The van der Waals surface area contributed by atoms with Crippen molar-refractivity contribution < 1.29 is 4.79 Å². The molecule has 0 N–H and O–H groups in total. The number of carbonyl (C=O) groups is 1. The summed E-state index contributed by atoms with van der Waals surface area (Å²) in [6, 6.07) is 0. The highest BCUT2D eigenvalue weighted by atomic mass is 32.8. The van der Waals surface area contributed by atoms with Crippen molar-refractivity contribution in [2.45, 2.75) is 19.8 Å². The highest BCUT2D eigenvalue weighted by molar-refractivity contribution is 8.22. The van der Waals surface area contributed by atoms with E-state index in [-0.39, 0.29) is 5.78 Å². The van der Waals surface area contributed by atoms with E-state index in [2.05, 4.69) is 0 Å². The van der Waals surface area contributed by atoms with Crippen LogP contribution in [0.5, 0.6) is 0 Å². The Morgan fingerprint density at radius 3 is 2.67 bits per heavy atom. The van der Waals surface area contributed by atoms with Crippen LogP contribution in [0.1, 0.15) is 19.8 Å². The van der Waals surface area contributed by atoms with Crippen LogP contribution in [0.15, 0.2) is 0 Å². The molecule has 0 unspecified atom stereocenters. The molecule has 0 aliphatic heterocycles. The first kappa shape index (κ1) is 8.89. The van der Waals surface area contributed by atoms with E-state index in [1.807, 2.05) is 0 Å². The summed E-state index contributed by atoms with van der Waals surface area (Å²) in [6.45, 7) is 1.58. The molecule has 0 spiro atoms. The molecule has 0 aliphatic carbocycles. The lowest BCUT2D eigenvalue weighted by Gasteiger charge is -1.88. The van der Waals surface area contributed by atoms with Gasteiger partial charge in [-0.05, 0) is 24.5 Å². The van der Waals surface area contributed by atoms with Crippen LogP contribution >= 0.6 is 0 Å². The Balaban J connectivity index is 3.24. The predicted molar refractivity (Wildman–Crippen MR) is 44.5 cm³/mol. The van der Waals surface area contributed by atoms with Crippen LogP contribution in [-0.2, 0) is 24.8 Å². The summed E-state index contributed by atoms with van der Waals surface area (Å²) in [5.74, 6) is 1.02. The van der Waals surface area contributed by atoms with Crippen molar-refractivity contribution in [1.82, 2.24) is 0 Å². The minimum absolute atomic E-state index is 0.218. The van der Waals surface area contributed by atoms with Gasteiger partial charge < -0.3 is 4.79 Å². The van der Waals surface area contributed by atoms with Crippen molar-refractivity contribution >= 4 is 25.8 Å². The second kappa shape index (κ2) is 4.74. The summed E-state index contributed by atoms with van der Waals surface area (Å²) in [5.41, 5.74) is 5.31. The van der Waals surface area contributed by atoms with E-state index in [0.29, 0.717) is 6.42 Å². The molecule has 0 atom stereocenters. The number of carbonyl (C=O) groups excluding carboxylic acids is 1. The van der Waals surface area contributed by atoms with E-state index in [9.17, 15) is 4.79 Å². The van der Waals surface area contributed by atoms with Crippen LogP contribution in [0.4, 0.5) is 0 Å². The van der Waals surface area contributed by atoms with Crippen molar-refractivity contribution in [3.8, 4) is 5.69 Å². The van der Waals surface area contributed by atoms with Crippen LogP contribution in [0.25, 0.3) is 0 Å². The Bertz CT molecular complexity index is 200. The molecule has 0 aromatic heterocycles. The summed E-state index contributed by atoms with van der Waals surface area (Å²) >= 11 is 4.73. The summed E-state index contributed by atoms with van der Waals surface area (Å²) in [4.78, 5) is 10.4. The van der Waals surface area contributed by atoms with Gasteiger partial charge in [0.2, 0.25) is 0 Å². The number of rotatable bonds is 3. The topological polar surface area (TPSA) is 17.1 Å². The van der Waals surface area contributed by atoms with E-state index in [4.69, 9.17) is 16.9 Å². The van der Waals surface area contributed by atoms with Gasteiger partial charge in [-0.1, -0.05) is 0 Å². The first-order valence-corrected chi connectivity index (χ1v) is 5.13. The second-order valence-electron chi connectivity index (χ2n) is 1.89. The zero-order chi connectivity index (χ0) is 7.28. The summed E-state index contributed by atoms with van der Waals surface area (Å²) in [7, 11) is -0.401. The molecule has 0 aromatic rings. The van der Waals surface area contributed by atoms with E-state index in [1.165, 1.54) is 0 Å².